The van der Waals surface area contributed by atoms with E-state index >= 15 is 0 Å². The summed E-state index contributed by atoms with van der Waals surface area (Å²) in [5.74, 6) is 0.915. The monoisotopic (exact) mass is 396 g/mol. The molecule has 0 unspecified atom stereocenters. The molecule has 0 bridgehead atoms. The van der Waals surface area contributed by atoms with E-state index in [4.69, 9.17) is 4.74 Å². The first-order valence-electron chi connectivity index (χ1n) is 4.60. The Balaban J connectivity index is 0.00000112. The second-order valence-electron chi connectivity index (χ2n) is 3.07. The van der Waals surface area contributed by atoms with Crippen molar-refractivity contribution in [1.82, 2.24) is 0 Å². The molecule has 0 N–H and O–H groups in total. The number of methoxy groups -OCH3 is 1. The summed E-state index contributed by atoms with van der Waals surface area (Å²) in [5, 5.41) is 0. The summed E-state index contributed by atoms with van der Waals surface area (Å²) in [6, 6.07) is 18.3. The molecule has 0 saturated carbocycles. The second kappa shape index (κ2) is 7.78. The normalized spacial score (nSPS) is 8.56. The predicted octanol–water partition coefficient (Wildman–Crippen LogP) is 3.36. The van der Waals surface area contributed by atoms with Crippen molar-refractivity contribution in [3.8, 4) is 16.9 Å². The number of ether oxygens (including phenoxy) is 1. The van der Waals surface area contributed by atoms with Crippen LogP contribution in [0.4, 0.5) is 0 Å². The van der Waals surface area contributed by atoms with E-state index in [-0.39, 0.29) is 40.8 Å². The number of hydrogen-bond acceptors (Lipinski definition) is 1. The van der Waals surface area contributed by atoms with Gasteiger partial charge in [-0.05, 0) is 11.6 Å². The third-order valence-electron chi connectivity index (χ3n) is 2.19. The summed E-state index contributed by atoms with van der Waals surface area (Å²) in [4.78, 5) is 0. The summed E-state index contributed by atoms with van der Waals surface area (Å²) in [5.41, 5.74) is 2.32. The molecule has 0 amide bonds. The Bertz CT molecular complexity index is 415. The molecule has 90 valence electrons. The van der Waals surface area contributed by atoms with Crippen molar-refractivity contribution in [2.24, 2.45) is 0 Å². The minimum atomic E-state index is 0. The zero-order chi connectivity index (χ0) is 9.80. The van der Waals surface area contributed by atoms with Gasteiger partial charge in [0.1, 0.15) is 5.75 Å². The van der Waals surface area contributed by atoms with Crippen molar-refractivity contribution in [2.45, 2.75) is 0 Å². The number of para-hydroxylation sites is 1. The van der Waals surface area contributed by atoms with Gasteiger partial charge in [0.05, 0.1) is 7.11 Å². The molecule has 0 aliphatic rings. The molecule has 0 aliphatic heterocycles. The summed E-state index contributed by atoms with van der Waals surface area (Å²) < 4.78 is 5.30. The Morgan fingerprint density at radius 3 is 1.94 bits per heavy atom. The molecule has 0 saturated heterocycles. The molecular formula is C13H12OPd2. The average Bonchev–Trinajstić information content (AvgIpc) is 2.30. The maximum absolute atomic E-state index is 5.30. The average molecular weight is 397 g/mol. The van der Waals surface area contributed by atoms with Crippen LogP contribution in [-0.2, 0) is 40.8 Å². The molecule has 1 nitrogen and oxygen atoms in total. The minimum absolute atomic E-state index is 0. The first-order chi connectivity index (χ1) is 6.92. The molecule has 16 heavy (non-hydrogen) atoms. The van der Waals surface area contributed by atoms with Gasteiger partial charge in [-0.25, -0.2) is 0 Å². The number of benzene rings is 2. The Hall–Kier alpha value is -0.435. The van der Waals surface area contributed by atoms with Crippen LogP contribution in [0.15, 0.2) is 54.6 Å². The van der Waals surface area contributed by atoms with Gasteiger partial charge in [0.25, 0.3) is 0 Å². The van der Waals surface area contributed by atoms with Crippen LogP contribution in [0, 0.1) is 0 Å². The van der Waals surface area contributed by atoms with Crippen LogP contribution < -0.4 is 4.74 Å². The molecule has 0 radical (unpaired) electrons. The van der Waals surface area contributed by atoms with Gasteiger partial charge in [0.2, 0.25) is 0 Å². The van der Waals surface area contributed by atoms with E-state index in [2.05, 4.69) is 18.2 Å². The van der Waals surface area contributed by atoms with E-state index in [1.807, 2.05) is 36.4 Å². The second-order valence-corrected chi connectivity index (χ2v) is 3.07. The van der Waals surface area contributed by atoms with Gasteiger partial charge in [-0.15, -0.1) is 0 Å². The first kappa shape index (κ1) is 15.6. The third-order valence-corrected chi connectivity index (χ3v) is 2.19. The van der Waals surface area contributed by atoms with E-state index in [0.29, 0.717) is 0 Å². The Morgan fingerprint density at radius 2 is 1.31 bits per heavy atom. The maximum Gasteiger partial charge on any atom is 0.126 e. The summed E-state index contributed by atoms with van der Waals surface area (Å²) in [7, 11) is 1.70. The van der Waals surface area contributed by atoms with Crippen molar-refractivity contribution < 1.29 is 45.6 Å². The van der Waals surface area contributed by atoms with Crippen LogP contribution in [0.3, 0.4) is 0 Å². The standard InChI is InChI=1S/C13H12O.2Pd/c1-14-13-10-6-5-9-12(13)11-7-3-2-4-8-11;;/h2-10H,1H3;;. The van der Waals surface area contributed by atoms with E-state index in [1.165, 1.54) is 5.56 Å². The van der Waals surface area contributed by atoms with E-state index in [9.17, 15) is 0 Å². The van der Waals surface area contributed by atoms with Crippen molar-refractivity contribution in [3.63, 3.8) is 0 Å². The van der Waals surface area contributed by atoms with Gasteiger partial charge in [0, 0.05) is 46.4 Å². The fraction of sp³-hybridized carbons (Fsp3) is 0.0769. The van der Waals surface area contributed by atoms with Crippen LogP contribution in [0.5, 0.6) is 5.75 Å². The van der Waals surface area contributed by atoms with Gasteiger partial charge in [-0.3, -0.25) is 0 Å². The van der Waals surface area contributed by atoms with Gasteiger partial charge >= 0.3 is 0 Å². The Kier molecular flexibility index (Phi) is 7.56. The zero-order valence-corrected chi connectivity index (χ0v) is 11.8. The fourth-order valence-corrected chi connectivity index (χ4v) is 1.50. The molecule has 0 spiro atoms. The molecule has 0 aliphatic carbocycles. The summed E-state index contributed by atoms with van der Waals surface area (Å²) >= 11 is 0. The zero-order valence-electron chi connectivity index (χ0n) is 8.74. The molecule has 2 rings (SSSR count). The van der Waals surface area contributed by atoms with E-state index in [1.54, 1.807) is 7.11 Å². The van der Waals surface area contributed by atoms with E-state index in [0.717, 1.165) is 11.3 Å². The molecule has 0 atom stereocenters. The predicted molar refractivity (Wildman–Crippen MR) is 58.4 cm³/mol. The molecule has 0 fully saturated rings. The number of rotatable bonds is 2. The SMILES string of the molecule is COc1ccccc1-c1ccccc1.[Pd].[Pd]. The van der Waals surface area contributed by atoms with Crippen LogP contribution in [-0.4, -0.2) is 7.11 Å². The van der Waals surface area contributed by atoms with Crippen molar-refractivity contribution in [3.05, 3.63) is 54.6 Å². The Labute approximate surface area is 124 Å². The quantitative estimate of drug-likeness (QED) is 0.707. The molecule has 2 aromatic rings. The topological polar surface area (TPSA) is 9.23 Å². The maximum atomic E-state index is 5.30. The smallest absolute Gasteiger partial charge is 0.126 e. The largest absolute Gasteiger partial charge is 0.496 e. The number of hydrogen-bond donors (Lipinski definition) is 0. The van der Waals surface area contributed by atoms with Crippen LogP contribution in [0.25, 0.3) is 11.1 Å². The van der Waals surface area contributed by atoms with Crippen LogP contribution in [0.1, 0.15) is 0 Å². The van der Waals surface area contributed by atoms with E-state index < -0.39 is 0 Å². The molecular weight excluding hydrogens is 385 g/mol. The molecule has 0 heterocycles. The third kappa shape index (κ3) is 3.55. The van der Waals surface area contributed by atoms with Crippen LogP contribution in [0.2, 0.25) is 0 Å². The van der Waals surface area contributed by atoms with Crippen LogP contribution >= 0.6 is 0 Å². The summed E-state index contributed by atoms with van der Waals surface area (Å²) in [6.45, 7) is 0. The molecule has 2 aromatic carbocycles. The van der Waals surface area contributed by atoms with Crippen molar-refractivity contribution in [1.29, 1.82) is 0 Å². The van der Waals surface area contributed by atoms with Gasteiger partial charge in [0.15, 0.2) is 0 Å². The van der Waals surface area contributed by atoms with Crippen molar-refractivity contribution >= 4 is 0 Å². The van der Waals surface area contributed by atoms with Gasteiger partial charge in [-0.2, -0.15) is 0 Å². The van der Waals surface area contributed by atoms with Gasteiger partial charge in [-0.1, -0.05) is 48.5 Å². The molecule has 3 heteroatoms. The van der Waals surface area contributed by atoms with Crippen molar-refractivity contribution in [2.75, 3.05) is 7.11 Å². The Morgan fingerprint density at radius 1 is 0.750 bits per heavy atom. The summed E-state index contributed by atoms with van der Waals surface area (Å²) in [6.07, 6.45) is 0. The first-order valence-corrected chi connectivity index (χ1v) is 4.60. The van der Waals surface area contributed by atoms with Gasteiger partial charge < -0.3 is 4.74 Å². The minimum Gasteiger partial charge on any atom is -0.496 e. The molecule has 0 aromatic heterocycles. The fourth-order valence-electron chi connectivity index (χ4n) is 1.50.